The first-order chi connectivity index (χ1) is 6.40. The summed E-state index contributed by atoms with van der Waals surface area (Å²) in [4.78, 5) is 10.7. The van der Waals surface area contributed by atoms with Crippen molar-refractivity contribution >= 4 is 22.2 Å². The number of carbonyl (C=O) groups excluding carboxylic acids is 1. The summed E-state index contributed by atoms with van der Waals surface area (Å²) < 4.78 is 2.27. The Bertz CT molecular complexity index is 345. The number of hydrogen-bond acceptors (Lipinski definition) is 3. The lowest BCUT2D eigenvalue weighted by atomic mass is 10.0. The lowest BCUT2D eigenvalue weighted by Gasteiger charge is -2.20. The highest BCUT2D eigenvalue weighted by Crippen LogP contribution is 2.28. The van der Waals surface area contributed by atoms with E-state index in [1.165, 1.54) is 6.92 Å². The van der Waals surface area contributed by atoms with Crippen LogP contribution in [0.3, 0.4) is 0 Å². The Balaban J connectivity index is 3.31. The van der Waals surface area contributed by atoms with E-state index in [1.807, 2.05) is 13.8 Å². The van der Waals surface area contributed by atoms with Crippen molar-refractivity contribution in [2.75, 3.05) is 0 Å². The molecule has 1 N–H and O–H groups in total. The Morgan fingerprint density at radius 3 is 2.71 bits per heavy atom. The van der Waals surface area contributed by atoms with Gasteiger partial charge in [-0.1, -0.05) is 0 Å². The summed E-state index contributed by atoms with van der Waals surface area (Å²) in [6.45, 7) is 5.31. The van der Waals surface area contributed by atoms with E-state index in [9.17, 15) is 9.90 Å². The highest BCUT2D eigenvalue weighted by Gasteiger charge is 2.30. The molecule has 1 rings (SSSR count). The summed E-state index contributed by atoms with van der Waals surface area (Å²) in [7, 11) is 0. The van der Waals surface area contributed by atoms with Gasteiger partial charge in [0.15, 0.2) is 11.9 Å². The van der Waals surface area contributed by atoms with Crippen molar-refractivity contribution < 1.29 is 9.90 Å². The monoisotopic (exact) mass is 260 g/mol. The molecule has 1 atom stereocenters. The molecule has 4 nitrogen and oxygen atoms in total. The fraction of sp³-hybridized carbons (Fsp3) is 0.556. The van der Waals surface area contributed by atoms with Gasteiger partial charge in [0, 0.05) is 6.04 Å². The van der Waals surface area contributed by atoms with Crippen LogP contribution < -0.4 is 0 Å². The number of nitrogens with zero attached hydrogens (tertiary/aromatic N) is 2. The zero-order valence-corrected chi connectivity index (χ0v) is 9.95. The summed E-state index contributed by atoms with van der Waals surface area (Å²) in [6, 6.07) is 0.0997. The molecule has 0 radical (unpaired) electrons. The van der Waals surface area contributed by atoms with Crippen molar-refractivity contribution in [3.05, 3.63) is 16.4 Å². The number of rotatable bonds is 3. The minimum Gasteiger partial charge on any atom is -0.376 e. The van der Waals surface area contributed by atoms with Gasteiger partial charge in [-0.25, -0.2) is 0 Å². The third kappa shape index (κ3) is 1.88. The van der Waals surface area contributed by atoms with E-state index in [0.29, 0.717) is 16.5 Å². The third-order valence-corrected chi connectivity index (χ3v) is 2.53. The maximum Gasteiger partial charge on any atom is 0.159 e. The molecule has 14 heavy (non-hydrogen) atoms. The summed E-state index contributed by atoms with van der Waals surface area (Å²) in [5.41, 5.74) is -1.01. The summed E-state index contributed by atoms with van der Waals surface area (Å²) in [5.74, 6) is 0. The Labute approximate surface area is 91.1 Å². The average Bonchev–Trinajstić information content (AvgIpc) is 2.47. The quantitative estimate of drug-likeness (QED) is 0.841. The van der Waals surface area contributed by atoms with Gasteiger partial charge >= 0.3 is 0 Å². The van der Waals surface area contributed by atoms with Crippen LogP contribution in [0.25, 0.3) is 0 Å². The van der Waals surface area contributed by atoms with Crippen molar-refractivity contribution in [1.82, 2.24) is 9.78 Å². The Hall–Kier alpha value is -0.680. The second-order valence-electron chi connectivity index (χ2n) is 3.64. The van der Waals surface area contributed by atoms with Crippen LogP contribution in [0.4, 0.5) is 0 Å². The molecule has 0 aliphatic rings. The highest BCUT2D eigenvalue weighted by molar-refractivity contribution is 9.10. The van der Waals surface area contributed by atoms with Gasteiger partial charge in [-0.2, -0.15) is 5.10 Å². The molecule has 0 bridgehead atoms. The van der Waals surface area contributed by atoms with Crippen molar-refractivity contribution in [3.63, 3.8) is 0 Å². The smallest absolute Gasteiger partial charge is 0.159 e. The lowest BCUT2D eigenvalue weighted by Crippen LogP contribution is -2.28. The van der Waals surface area contributed by atoms with Crippen LogP contribution in [-0.2, 0) is 10.4 Å². The molecule has 0 saturated heterocycles. The predicted molar refractivity (Wildman–Crippen MR) is 55.9 cm³/mol. The summed E-state index contributed by atoms with van der Waals surface area (Å²) in [5, 5.41) is 13.9. The Kier molecular flexibility index (Phi) is 3.11. The molecule has 5 heteroatoms. The molecule has 0 saturated carbocycles. The Morgan fingerprint density at radius 1 is 1.71 bits per heavy atom. The second-order valence-corrected chi connectivity index (χ2v) is 4.50. The third-order valence-electron chi connectivity index (χ3n) is 1.95. The predicted octanol–water partition coefficient (Wildman–Crippen LogP) is 1.63. The van der Waals surface area contributed by atoms with Crippen LogP contribution in [0.1, 0.15) is 32.5 Å². The van der Waals surface area contributed by atoms with Crippen LogP contribution in [0, 0.1) is 0 Å². The molecule has 1 unspecified atom stereocenters. The number of carbonyl (C=O) groups is 1. The molecular weight excluding hydrogens is 248 g/mol. The van der Waals surface area contributed by atoms with Crippen LogP contribution in [0.5, 0.6) is 0 Å². The Morgan fingerprint density at radius 2 is 2.29 bits per heavy atom. The topological polar surface area (TPSA) is 55.1 Å². The van der Waals surface area contributed by atoms with Gasteiger partial charge in [0.2, 0.25) is 0 Å². The van der Waals surface area contributed by atoms with E-state index in [1.54, 1.807) is 10.9 Å². The molecule has 1 aromatic heterocycles. The molecule has 0 aliphatic carbocycles. The molecule has 1 heterocycles. The number of aliphatic hydroxyl groups is 1. The van der Waals surface area contributed by atoms with Crippen molar-refractivity contribution in [1.29, 1.82) is 0 Å². The van der Waals surface area contributed by atoms with Gasteiger partial charge in [0.1, 0.15) is 0 Å². The molecule has 0 spiro atoms. The van der Waals surface area contributed by atoms with Crippen LogP contribution in [-0.4, -0.2) is 21.2 Å². The largest absolute Gasteiger partial charge is 0.376 e. The van der Waals surface area contributed by atoms with Gasteiger partial charge in [-0.15, -0.1) is 0 Å². The number of aromatic nitrogens is 2. The molecule has 1 aromatic rings. The maximum atomic E-state index is 10.7. The molecule has 0 aliphatic heterocycles. The molecular formula is C9H13BrN2O2. The zero-order valence-electron chi connectivity index (χ0n) is 8.36. The first-order valence-electron chi connectivity index (χ1n) is 4.32. The number of aldehydes is 1. The molecule has 0 fully saturated rings. The second kappa shape index (κ2) is 3.82. The minimum absolute atomic E-state index is 0.0997. The van der Waals surface area contributed by atoms with Crippen molar-refractivity contribution in [3.8, 4) is 0 Å². The molecule has 0 aromatic carbocycles. The SMILES string of the molecule is CC(C)n1ncc(Br)c1C(C)(O)C=O. The van der Waals surface area contributed by atoms with Gasteiger partial charge in [0.05, 0.1) is 16.4 Å². The van der Waals surface area contributed by atoms with Crippen LogP contribution in [0.15, 0.2) is 10.7 Å². The summed E-state index contributed by atoms with van der Waals surface area (Å²) >= 11 is 3.26. The van der Waals surface area contributed by atoms with Gasteiger partial charge in [-0.05, 0) is 36.7 Å². The van der Waals surface area contributed by atoms with Gasteiger partial charge < -0.3 is 5.11 Å². The van der Waals surface area contributed by atoms with Crippen molar-refractivity contribution in [2.24, 2.45) is 0 Å². The molecule has 0 amide bonds. The zero-order chi connectivity index (χ0) is 10.9. The van der Waals surface area contributed by atoms with E-state index in [4.69, 9.17) is 0 Å². The van der Waals surface area contributed by atoms with Gasteiger partial charge in [-0.3, -0.25) is 9.48 Å². The highest BCUT2D eigenvalue weighted by atomic mass is 79.9. The van der Waals surface area contributed by atoms with Crippen LogP contribution in [0.2, 0.25) is 0 Å². The lowest BCUT2D eigenvalue weighted by molar-refractivity contribution is -0.123. The summed E-state index contributed by atoms with van der Waals surface area (Å²) in [6.07, 6.45) is 2.08. The fourth-order valence-electron chi connectivity index (χ4n) is 1.26. The van der Waals surface area contributed by atoms with E-state index in [-0.39, 0.29) is 6.04 Å². The van der Waals surface area contributed by atoms with E-state index in [0.717, 1.165) is 0 Å². The van der Waals surface area contributed by atoms with E-state index in [2.05, 4.69) is 21.0 Å². The van der Waals surface area contributed by atoms with Gasteiger partial charge in [0.25, 0.3) is 0 Å². The fourth-order valence-corrected chi connectivity index (χ4v) is 1.94. The normalized spacial score (nSPS) is 15.6. The average molecular weight is 261 g/mol. The first kappa shape index (κ1) is 11.4. The number of hydrogen-bond donors (Lipinski definition) is 1. The first-order valence-corrected chi connectivity index (χ1v) is 5.11. The minimum atomic E-state index is -1.50. The molecule has 78 valence electrons. The number of halogens is 1. The standard InChI is InChI=1S/C9H13BrN2O2/c1-6(2)12-8(7(10)4-11-12)9(3,14)5-13/h4-6,14H,1-3H3. The van der Waals surface area contributed by atoms with E-state index >= 15 is 0 Å². The van der Waals surface area contributed by atoms with E-state index < -0.39 is 5.60 Å². The maximum absolute atomic E-state index is 10.7. The van der Waals surface area contributed by atoms with Crippen LogP contribution >= 0.6 is 15.9 Å². The van der Waals surface area contributed by atoms with Crippen molar-refractivity contribution in [2.45, 2.75) is 32.4 Å².